The van der Waals surface area contributed by atoms with E-state index in [0.717, 1.165) is 11.1 Å². The molecule has 0 heterocycles. The number of carbonyl (C=O) groups is 1. The van der Waals surface area contributed by atoms with Crippen LogP contribution in [0.25, 0.3) is 0 Å². The van der Waals surface area contributed by atoms with Crippen molar-refractivity contribution in [1.29, 1.82) is 0 Å². The van der Waals surface area contributed by atoms with Gasteiger partial charge in [0, 0.05) is 18.3 Å². The van der Waals surface area contributed by atoms with E-state index in [0.29, 0.717) is 0 Å². The Balaban J connectivity index is 2.30. The molecule has 1 fully saturated rings. The molecule has 1 aromatic rings. The SMILES string of the molecule is Cc1ccc(C2(CC(=O)O)CCC(F)(F)CC2)cc1. The summed E-state index contributed by atoms with van der Waals surface area (Å²) in [6.07, 6.45) is -0.0703. The molecule has 1 saturated carbocycles. The van der Waals surface area contributed by atoms with Gasteiger partial charge >= 0.3 is 5.97 Å². The molecule has 104 valence electrons. The second-order valence-corrected chi connectivity index (χ2v) is 5.57. The van der Waals surface area contributed by atoms with Crippen LogP contribution in [0.15, 0.2) is 24.3 Å². The number of alkyl halides is 2. The van der Waals surface area contributed by atoms with Gasteiger partial charge in [0.05, 0.1) is 6.42 Å². The summed E-state index contributed by atoms with van der Waals surface area (Å²) in [7, 11) is 0. The first-order valence-corrected chi connectivity index (χ1v) is 6.50. The molecule has 0 aliphatic heterocycles. The van der Waals surface area contributed by atoms with Crippen molar-refractivity contribution >= 4 is 5.97 Å². The number of hydrogen-bond donors (Lipinski definition) is 1. The summed E-state index contributed by atoms with van der Waals surface area (Å²) >= 11 is 0. The Morgan fingerprint density at radius 2 is 1.68 bits per heavy atom. The third-order valence-corrected chi connectivity index (χ3v) is 4.09. The van der Waals surface area contributed by atoms with Crippen LogP contribution < -0.4 is 0 Å². The zero-order valence-corrected chi connectivity index (χ0v) is 11.0. The second kappa shape index (κ2) is 4.91. The number of aliphatic carboxylic acids is 1. The summed E-state index contributed by atoms with van der Waals surface area (Å²) in [4.78, 5) is 11.1. The van der Waals surface area contributed by atoms with E-state index in [1.165, 1.54) is 0 Å². The van der Waals surface area contributed by atoms with Gasteiger partial charge in [0.1, 0.15) is 0 Å². The largest absolute Gasteiger partial charge is 0.481 e. The lowest BCUT2D eigenvalue weighted by atomic mass is 9.66. The van der Waals surface area contributed by atoms with Gasteiger partial charge in [-0.05, 0) is 25.3 Å². The van der Waals surface area contributed by atoms with Crippen molar-refractivity contribution in [3.63, 3.8) is 0 Å². The maximum atomic E-state index is 13.3. The van der Waals surface area contributed by atoms with Crippen LogP contribution >= 0.6 is 0 Å². The first-order valence-electron chi connectivity index (χ1n) is 6.50. The highest BCUT2D eigenvalue weighted by Crippen LogP contribution is 2.47. The molecule has 19 heavy (non-hydrogen) atoms. The van der Waals surface area contributed by atoms with Gasteiger partial charge in [0.15, 0.2) is 0 Å². The second-order valence-electron chi connectivity index (χ2n) is 5.57. The molecule has 0 amide bonds. The van der Waals surface area contributed by atoms with Crippen molar-refractivity contribution in [3.05, 3.63) is 35.4 Å². The standard InChI is InChI=1S/C15H18F2O2/c1-11-2-4-12(5-3-11)14(10-13(18)19)6-8-15(16,17)9-7-14/h2-5H,6-10H2,1H3,(H,18,19). The van der Waals surface area contributed by atoms with Crippen LogP contribution in [-0.2, 0) is 10.2 Å². The zero-order valence-electron chi connectivity index (χ0n) is 11.0. The van der Waals surface area contributed by atoms with E-state index in [-0.39, 0.29) is 32.1 Å². The molecule has 0 aromatic heterocycles. The van der Waals surface area contributed by atoms with E-state index in [4.69, 9.17) is 5.11 Å². The number of benzene rings is 1. The number of carboxylic acids is 1. The lowest BCUT2D eigenvalue weighted by Crippen LogP contribution is -2.38. The fourth-order valence-electron chi connectivity index (χ4n) is 2.86. The number of halogens is 2. The predicted molar refractivity (Wildman–Crippen MR) is 68.5 cm³/mol. The van der Waals surface area contributed by atoms with Gasteiger partial charge in [-0.1, -0.05) is 29.8 Å². The zero-order chi connectivity index (χ0) is 14.1. The molecule has 0 bridgehead atoms. The van der Waals surface area contributed by atoms with Gasteiger partial charge in [-0.25, -0.2) is 8.78 Å². The van der Waals surface area contributed by atoms with Crippen LogP contribution in [0.2, 0.25) is 0 Å². The van der Waals surface area contributed by atoms with Crippen molar-refractivity contribution in [2.24, 2.45) is 0 Å². The van der Waals surface area contributed by atoms with Crippen LogP contribution in [0.4, 0.5) is 8.78 Å². The lowest BCUT2D eigenvalue weighted by molar-refractivity contribution is -0.140. The first-order chi connectivity index (χ1) is 8.83. The van der Waals surface area contributed by atoms with E-state index in [1.807, 2.05) is 31.2 Å². The predicted octanol–water partition coefficient (Wildman–Crippen LogP) is 3.92. The first kappa shape index (κ1) is 14.0. The highest BCUT2D eigenvalue weighted by Gasteiger charge is 2.45. The average Bonchev–Trinajstić information content (AvgIpc) is 2.33. The summed E-state index contributed by atoms with van der Waals surface area (Å²) in [5.41, 5.74) is 1.31. The molecule has 0 saturated heterocycles. The van der Waals surface area contributed by atoms with Crippen LogP contribution in [-0.4, -0.2) is 17.0 Å². The number of carboxylic acid groups (broad SMARTS) is 1. The Hall–Kier alpha value is -1.45. The molecule has 4 heteroatoms. The van der Waals surface area contributed by atoms with E-state index in [2.05, 4.69) is 0 Å². The van der Waals surface area contributed by atoms with E-state index >= 15 is 0 Å². The summed E-state index contributed by atoms with van der Waals surface area (Å²) in [5.74, 6) is -3.57. The van der Waals surface area contributed by atoms with E-state index < -0.39 is 17.3 Å². The van der Waals surface area contributed by atoms with Gasteiger partial charge in [-0.2, -0.15) is 0 Å². The minimum absolute atomic E-state index is 0.0772. The van der Waals surface area contributed by atoms with Crippen molar-refractivity contribution in [1.82, 2.24) is 0 Å². The van der Waals surface area contributed by atoms with Gasteiger partial charge in [-0.3, -0.25) is 4.79 Å². The van der Waals surface area contributed by atoms with Crippen LogP contribution in [0.5, 0.6) is 0 Å². The molecule has 1 aliphatic rings. The topological polar surface area (TPSA) is 37.3 Å². The Morgan fingerprint density at radius 3 is 2.16 bits per heavy atom. The molecular formula is C15H18F2O2. The summed E-state index contributed by atoms with van der Waals surface area (Å²) < 4.78 is 26.6. The van der Waals surface area contributed by atoms with Gasteiger partial charge < -0.3 is 5.11 Å². The van der Waals surface area contributed by atoms with Crippen molar-refractivity contribution < 1.29 is 18.7 Å². The molecule has 1 aliphatic carbocycles. The third-order valence-electron chi connectivity index (χ3n) is 4.09. The smallest absolute Gasteiger partial charge is 0.304 e. The Labute approximate surface area is 111 Å². The minimum Gasteiger partial charge on any atom is -0.481 e. The average molecular weight is 268 g/mol. The molecule has 0 atom stereocenters. The van der Waals surface area contributed by atoms with Gasteiger partial charge in [0.2, 0.25) is 5.92 Å². The maximum absolute atomic E-state index is 13.3. The molecule has 1 N–H and O–H groups in total. The molecule has 1 aromatic carbocycles. The quantitative estimate of drug-likeness (QED) is 0.902. The summed E-state index contributed by atoms with van der Waals surface area (Å²) in [5, 5.41) is 9.09. The molecule has 2 nitrogen and oxygen atoms in total. The third kappa shape index (κ3) is 3.11. The highest BCUT2D eigenvalue weighted by atomic mass is 19.3. The van der Waals surface area contributed by atoms with Crippen molar-refractivity contribution in [2.45, 2.75) is 50.4 Å². The Bertz CT molecular complexity index is 456. The maximum Gasteiger partial charge on any atom is 0.304 e. The van der Waals surface area contributed by atoms with E-state index in [1.54, 1.807) is 0 Å². The Kier molecular flexibility index (Phi) is 3.61. The lowest BCUT2D eigenvalue weighted by Gasteiger charge is -2.39. The fraction of sp³-hybridized carbons (Fsp3) is 0.533. The normalized spacial score (nSPS) is 21.0. The highest BCUT2D eigenvalue weighted by molar-refractivity contribution is 5.69. The molecule has 0 spiro atoms. The molecule has 2 rings (SSSR count). The monoisotopic (exact) mass is 268 g/mol. The van der Waals surface area contributed by atoms with Gasteiger partial charge in [0.25, 0.3) is 0 Å². The van der Waals surface area contributed by atoms with Crippen LogP contribution in [0.1, 0.15) is 43.2 Å². The number of hydrogen-bond acceptors (Lipinski definition) is 1. The molecule has 0 unspecified atom stereocenters. The van der Waals surface area contributed by atoms with Crippen molar-refractivity contribution in [3.8, 4) is 0 Å². The van der Waals surface area contributed by atoms with Crippen LogP contribution in [0.3, 0.4) is 0 Å². The van der Waals surface area contributed by atoms with E-state index in [9.17, 15) is 13.6 Å². The van der Waals surface area contributed by atoms with Gasteiger partial charge in [-0.15, -0.1) is 0 Å². The van der Waals surface area contributed by atoms with Crippen molar-refractivity contribution in [2.75, 3.05) is 0 Å². The Morgan fingerprint density at radius 1 is 1.16 bits per heavy atom. The minimum atomic E-state index is -2.65. The fourth-order valence-corrected chi connectivity index (χ4v) is 2.86. The summed E-state index contributed by atoms with van der Waals surface area (Å²) in [6, 6.07) is 7.57. The number of aryl methyl sites for hydroxylation is 1. The summed E-state index contributed by atoms with van der Waals surface area (Å²) in [6.45, 7) is 1.95. The molecular weight excluding hydrogens is 250 g/mol. The number of rotatable bonds is 3. The molecule has 0 radical (unpaired) electrons. The van der Waals surface area contributed by atoms with Crippen LogP contribution in [0, 0.1) is 6.92 Å².